The molecule has 1 aromatic carbocycles. The van der Waals surface area contributed by atoms with Crippen molar-refractivity contribution < 1.29 is 9.53 Å². The molecule has 94 valence electrons. The van der Waals surface area contributed by atoms with Crippen molar-refractivity contribution in [2.75, 3.05) is 13.2 Å². The summed E-state index contributed by atoms with van der Waals surface area (Å²) in [4.78, 5) is 11.4. The Hall–Kier alpha value is -1.22. The minimum atomic E-state index is -0.105. The van der Waals surface area contributed by atoms with E-state index < -0.39 is 0 Å². The fourth-order valence-electron chi connectivity index (χ4n) is 1.22. The van der Waals surface area contributed by atoms with Crippen molar-refractivity contribution in [2.24, 2.45) is 5.92 Å². The Morgan fingerprint density at radius 2 is 2.18 bits per heavy atom. The van der Waals surface area contributed by atoms with Crippen LogP contribution in [0.1, 0.15) is 19.4 Å². The zero-order valence-electron chi connectivity index (χ0n) is 10.4. The summed E-state index contributed by atoms with van der Waals surface area (Å²) in [5.41, 5.74) is 0.937. The lowest BCUT2D eigenvalue weighted by molar-refractivity contribution is -0.123. The molecule has 1 amide bonds. The molecule has 0 heterocycles. The molecule has 0 spiro atoms. The Morgan fingerprint density at radius 3 is 2.76 bits per heavy atom. The van der Waals surface area contributed by atoms with E-state index in [2.05, 4.69) is 5.32 Å². The number of ether oxygens (including phenoxy) is 1. The van der Waals surface area contributed by atoms with Crippen molar-refractivity contribution in [3.05, 3.63) is 28.8 Å². The van der Waals surface area contributed by atoms with Gasteiger partial charge >= 0.3 is 0 Å². The maximum Gasteiger partial charge on any atom is 0.257 e. The summed E-state index contributed by atoms with van der Waals surface area (Å²) in [7, 11) is 0. The largest absolute Gasteiger partial charge is 0.484 e. The Morgan fingerprint density at radius 1 is 1.47 bits per heavy atom. The molecular weight excluding hydrogens is 238 g/mol. The van der Waals surface area contributed by atoms with Gasteiger partial charge in [0.25, 0.3) is 5.91 Å². The number of halogens is 1. The first-order valence-electron chi connectivity index (χ1n) is 5.64. The van der Waals surface area contributed by atoms with E-state index in [4.69, 9.17) is 16.3 Å². The predicted molar refractivity (Wildman–Crippen MR) is 69.5 cm³/mol. The first-order valence-corrected chi connectivity index (χ1v) is 6.02. The van der Waals surface area contributed by atoms with Crippen LogP contribution in [0.4, 0.5) is 0 Å². The first-order chi connectivity index (χ1) is 7.99. The minimum Gasteiger partial charge on any atom is -0.484 e. The standard InChI is InChI=1S/C13H18ClNO2/c1-9(2)7-15-13(16)8-17-11-4-5-12(14)10(3)6-11/h4-6,9H,7-8H2,1-3H3,(H,15,16). The third kappa shape index (κ3) is 5.09. The fourth-order valence-corrected chi connectivity index (χ4v) is 1.34. The average molecular weight is 256 g/mol. The second kappa shape index (κ2) is 6.50. The van der Waals surface area contributed by atoms with Crippen molar-refractivity contribution in [1.29, 1.82) is 0 Å². The van der Waals surface area contributed by atoms with Crippen LogP contribution in [0.15, 0.2) is 18.2 Å². The van der Waals surface area contributed by atoms with Crippen LogP contribution in [0.2, 0.25) is 5.02 Å². The SMILES string of the molecule is Cc1cc(OCC(=O)NCC(C)C)ccc1Cl. The highest BCUT2D eigenvalue weighted by Gasteiger charge is 2.04. The molecular formula is C13H18ClNO2. The van der Waals surface area contributed by atoms with Crippen molar-refractivity contribution in [1.82, 2.24) is 5.32 Å². The highest BCUT2D eigenvalue weighted by molar-refractivity contribution is 6.31. The highest BCUT2D eigenvalue weighted by Crippen LogP contribution is 2.20. The van der Waals surface area contributed by atoms with Gasteiger partial charge in [-0.25, -0.2) is 0 Å². The quantitative estimate of drug-likeness (QED) is 0.879. The van der Waals surface area contributed by atoms with E-state index >= 15 is 0 Å². The van der Waals surface area contributed by atoms with Gasteiger partial charge in [0, 0.05) is 11.6 Å². The van der Waals surface area contributed by atoms with E-state index in [1.807, 2.05) is 26.8 Å². The maximum absolute atomic E-state index is 11.4. The van der Waals surface area contributed by atoms with Crippen LogP contribution in [-0.4, -0.2) is 19.1 Å². The number of carbonyl (C=O) groups excluding carboxylic acids is 1. The number of hydrogen-bond donors (Lipinski definition) is 1. The minimum absolute atomic E-state index is 0.0355. The second-order valence-electron chi connectivity index (χ2n) is 4.40. The number of carbonyl (C=O) groups is 1. The molecule has 1 aromatic rings. The van der Waals surface area contributed by atoms with Crippen LogP contribution in [0, 0.1) is 12.8 Å². The van der Waals surface area contributed by atoms with Crippen LogP contribution < -0.4 is 10.1 Å². The van der Waals surface area contributed by atoms with Gasteiger partial charge in [0.05, 0.1) is 0 Å². The monoisotopic (exact) mass is 255 g/mol. The lowest BCUT2D eigenvalue weighted by Crippen LogP contribution is -2.31. The molecule has 4 heteroatoms. The second-order valence-corrected chi connectivity index (χ2v) is 4.80. The average Bonchev–Trinajstić information content (AvgIpc) is 2.28. The Balaban J connectivity index is 2.39. The third-order valence-electron chi connectivity index (χ3n) is 2.21. The van der Waals surface area contributed by atoms with E-state index in [9.17, 15) is 4.79 Å². The van der Waals surface area contributed by atoms with Gasteiger partial charge in [0.2, 0.25) is 0 Å². The molecule has 0 aromatic heterocycles. The van der Waals surface area contributed by atoms with Crippen LogP contribution in [0.5, 0.6) is 5.75 Å². The molecule has 3 nitrogen and oxygen atoms in total. The highest BCUT2D eigenvalue weighted by atomic mass is 35.5. The molecule has 0 radical (unpaired) electrons. The normalized spacial score (nSPS) is 10.4. The lowest BCUT2D eigenvalue weighted by Gasteiger charge is -2.09. The molecule has 0 fully saturated rings. The molecule has 0 aliphatic heterocycles. The number of aryl methyl sites for hydroxylation is 1. The van der Waals surface area contributed by atoms with E-state index in [1.165, 1.54) is 0 Å². The van der Waals surface area contributed by atoms with Gasteiger partial charge in [-0.05, 0) is 36.6 Å². The molecule has 0 atom stereocenters. The molecule has 0 aliphatic carbocycles. The molecule has 1 rings (SSSR count). The summed E-state index contributed by atoms with van der Waals surface area (Å²) < 4.78 is 5.37. The number of amides is 1. The van der Waals surface area contributed by atoms with Gasteiger partial charge in [-0.3, -0.25) is 4.79 Å². The summed E-state index contributed by atoms with van der Waals surface area (Å²) in [5, 5.41) is 3.48. The number of benzene rings is 1. The van der Waals surface area contributed by atoms with Crippen molar-refractivity contribution in [3.63, 3.8) is 0 Å². The summed E-state index contributed by atoms with van der Waals surface area (Å²) in [6.45, 7) is 6.69. The molecule has 1 N–H and O–H groups in total. The van der Waals surface area contributed by atoms with E-state index in [0.717, 1.165) is 5.56 Å². The van der Waals surface area contributed by atoms with E-state index in [1.54, 1.807) is 12.1 Å². The molecule has 0 bridgehead atoms. The van der Waals surface area contributed by atoms with Crippen LogP contribution in [0.25, 0.3) is 0 Å². The molecule has 0 aliphatic rings. The third-order valence-corrected chi connectivity index (χ3v) is 2.63. The van der Waals surface area contributed by atoms with Crippen molar-refractivity contribution in [2.45, 2.75) is 20.8 Å². The first kappa shape index (κ1) is 13.8. The Kier molecular flexibility index (Phi) is 5.29. The smallest absolute Gasteiger partial charge is 0.257 e. The maximum atomic E-state index is 11.4. The van der Waals surface area contributed by atoms with Gasteiger partial charge in [-0.15, -0.1) is 0 Å². The summed E-state index contributed by atoms with van der Waals surface area (Å²) >= 11 is 5.89. The zero-order valence-corrected chi connectivity index (χ0v) is 11.2. The van der Waals surface area contributed by atoms with Crippen LogP contribution >= 0.6 is 11.6 Å². The van der Waals surface area contributed by atoms with Crippen molar-refractivity contribution >= 4 is 17.5 Å². The van der Waals surface area contributed by atoms with Gasteiger partial charge in [0.1, 0.15) is 5.75 Å². The summed E-state index contributed by atoms with van der Waals surface area (Å²) in [5.74, 6) is 0.995. The Bertz CT molecular complexity index is 391. The molecule has 0 saturated heterocycles. The predicted octanol–water partition coefficient (Wildman–Crippen LogP) is 2.80. The molecule has 0 unspecified atom stereocenters. The van der Waals surface area contributed by atoms with Gasteiger partial charge in [0.15, 0.2) is 6.61 Å². The number of hydrogen-bond acceptors (Lipinski definition) is 2. The van der Waals surface area contributed by atoms with E-state index in [-0.39, 0.29) is 12.5 Å². The molecule has 17 heavy (non-hydrogen) atoms. The lowest BCUT2D eigenvalue weighted by atomic mass is 10.2. The number of rotatable bonds is 5. The van der Waals surface area contributed by atoms with Gasteiger partial charge < -0.3 is 10.1 Å². The van der Waals surface area contributed by atoms with Crippen molar-refractivity contribution in [3.8, 4) is 5.75 Å². The van der Waals surface area contributed by atoms with Gasteiger partial charge in [-0.1, -0.05) is 25.4 Å². The Labute approximate surface area is 107 Å². The van der Waals surface area contributed by atoms with Crippen LogP contribution in [-0.2, 0) is 4.79 Å². The van der Waals surface area contributed by atoms with Gasteiger partial charge in [-0.2, -0.15) is 0 Å². The number of nitrogens with one attached hydrogen (secondary N) is 1. The van der Waals surface area contributed by atoms with E-state index in [0.29, 0.717) is 23.2 Å². The fraction of sp³-hybridized carbons (Fsp3) is 0.462. The summed E-state index contributed by atoms with van der Waals surface area (Å²) in [6, 6.07) is 5.33. The zero-order chi connectivity index (χ0) is 12.8. The van der Waals surface area contributed by atoms with Crippen LogP contribution in [0.3, 0.4) is 0 Å². The topological polar surface area (TPSA) is 38.3 Å². The molecule has 0 saturated carbocycles. The summed E-state index contributed by atoms with van der Waals surface area (Å²) in [6.07, 6.45) is 0.